The molecule has 0 aromatic heterocycles. The van der Waals surface area contributed by atoms with E-state index in [9.17, 15) is 4.39 Å². The van der Waals surface area contributed by atoms with Gasteiger partial charge in [-0.3, -0.25) is 4.39 Å². The average Bonchev–Trinajstić information content (AvgIpc) is 2.19. The Morgan fingerprint density at radius 1 is 1.25 bits per heavy atom. The summed E-state index contributed by atoms with van der Waals surface area (Å²) in [5.41, 5.74) is 0. The average molecular weight is 116 g/mol. The van der Waals surface area contributed by atoms with E-state index in [1.807, 2.05) is 0 Å². The Balaban J connectivity index is 2.06. The van der Waals surface area contributed by atoms with Crippen molar-refractivity contribution in [3.63, 3.8) is 0 Å². The molecule has 0 bridgehead atoms. The summed E-state index contributed by atoms with van der Waals surface area (Å²) in [7, 11) is 0. The van der Waals surface area contributed by atoms with E-state index in [2.05, 4.69) is 0 Å². The molecule has 0 nitrogen and oxygen atoms in total. The van der Waals surface area contributed by atoms with Crippen LogP contribution in [0.3, 0.4) is 0 Å². The molecule has 0 radical (unpaired) electrons. The molecule has 0 aromatic rings. The van der Waals surface area contributed by atoms with Crippen LogP contribution in [0.15, 0.2) is 0 Å². The van der Waals surface area contributed by atoms with E-state index in [0.717, 1.165) is 12.3 Å². The highest BCUT2D eigenvalue weighted by Crippen LogP contribution is 2.27. The maximum absolute atomic E-state index is 11.6. The minimum Gasteiger partial charge on any atom is -0.251 e. The molecular formula is C7H13F. The van der Waals surface area contributed by atoms with Crippen molar-refractivity contribution in [2.45, 2.75) is 32.1 Å². The minimum atomic E-state index is -0.106. The van der Waals surface area contributed by atoms with Gasteiger partial charge in [-0.15, -0.1) is 0 Å². The van der Waals surface area contributed by atoms with Crippen LogP contribution in [0.2, 0.25) is 0 Å². The van der Waals surface area contributed by atoms with Gasteiger partial charge >= 0.3 is 0 Å². The summed E-state index contributed by atoms with van der Waals surface area (Å²) >= 11 is 0. The number of alkyl halides is 1. The van der Waals surface area contributed by atoms with Crippen LogP contribution in [-0.2, 0) is 0 Å². The van der Waals surface area contributed by atoms with Crippen LogP contribution in [0.25, 0.3) is 0 Å². The lowest BCUT2D eigenvalue weighted by Gasteiger charge is -2.01. The van der Waals surface area contributed by atoms with Gasteiger partial charge in [-0.05, 0) is 12.3 Å². The van der Waals surface area contributed by atoms with Crippen LogP contribution in [0.1, 0.15) is 32.1 Å². The van der Waals surface area contributed by atoms with Gasteiger partial charge in [-0.25, -0.2) is 0 Å². The summed E-state index contributed by atoms with van der Waals surface area (Å²) in [5, 5.41) is 0. The van der Waals surface area contributed by atoms with E-state index in [4.69, 9.17) is 0 Å². The summed E-state index contributed by atoms with van der Waals surface area (Å²) in [4.78, 5) is 0. The van der Waals surface area contributed by atoms with Crippen molar-refractivity contribution in [3.05, 3.63) is 0 Å². The maximum atomic E-state index is 11.6. The second kappa shape index (κ2) is 3.06. The van der Waals surface area contributed by atoms with Gasteiger partial charge in [0.1, 0.15) is 0 Å². The highest BCUT2D eigenvalue weighted by atomic mass is 19.1. The Hall–Kier alpha value is -0.0700. The standard InChI is InChI=1S/C7H13F/c8-6-5-7-3-1-2-4-7/h7H,1-6H2. The molecule has 8 heavy (non-hydrogen) atoms. The molecule has 1 fully saturated rings. The number of hydrogen-bond donors (Lipinski definition) is 0. The first-order chi connectivity index (χ1) is 3.93. The fourth-order valence-corrected chi connectivity index (χ4v) is 1.45. The number of rotatable bonds is 2. The van der Waals surface area contributed by atoms with Crippen LogP contribution in [0.4, 0.5) is 4.39 Å². The second-order valence-electron chi connectivity index (χ2n) is 2.63. The third kappa shape index (κ3) is 1.46. The molecular weight excluding hydrogens is 103 g/mol. The smallest absolute Gasteiger partial charge is 0.0897 e. The molecule has 0 aromatic carbocycles. The minimum absolute atomic E-state index is 0.106. The fourth-order valence-electron chi connectivity index (χ4n) is 1.45. The van der Waals surface area contributed by atoms with Crippen molar-refractivity contribution < 1.29 is 4.39 Å². The van der Waals surface area contributed by atoms with Crippen molar-refractivity contribution in [2.24, 2.45) is 5.92 Å². The van der Waals surface area contributed by atoms with E-state index in [-0.39, 0.29) is 6.67 Å². The van der Waals surface area contributed by atoms with E-state index < -0.39 is 0 Å². The van der Waals surface area contributed by atoms with Crippen LogP contribution in [0, 0.1) is 5.92 Å². The first-order valence-electron chi connectivity index (χ1n) is 3.49. The SMILES string of the molecule is FCCC1CCCC1. The van der Waals surface area contributed by atoms with Crippen LogP contribution >= 0.6 is 0 Å². The molecule has 1 heteroatoms. The molecule has 1 saturated carbocycles. The summed E-state index contributed by atoms with van der Waals surface area (Å²) in [6.45, 7) is -0.106. The lowest BCUT2D eigenvalue weighted by Crippen LogP contribution is -1.92. The Morgan fingerprint density at radius 2 is 1.88 bits per heavy atom. The molecule has 0 amide bonds. The molecule has 0 unspecified atom stereocenters. The third-order valence-electron chi connectivity index (χ3n) is 1.99. The van der Waals surface area contributed by atoms with Gasteiger partial charge < -0.3 is 0 Å². The molecule has 0 aliphatic heterocycles. The molecule has 0 N–H and O–H groups in total. The van der Waals surface area contributed by atoms with Crippen LogP contribution in [-0.4, -0.2) is 6.67 Å². The zero-order chi connectivity index (χ0) is 5.82. The monoisotopic (exact) mass is 116 g/mol. The van der Waals surface area contributed by atoms with Gasteiger partial charge in [0.2, 0.25) is 0 Å². The Labute approximate surface area is 50.1 Å². The largest absolute Gasteiger partial charge is 0.251 e. The van der Waals surface area contributed by atoms with Crippen molar-refractivity contribution >= 4 is 0 Å². The third-order valence-corrected chi connectivity index (χ3v) is 1.99. The molecule has 1 aliphatic rings. The van der Waals surface area contributed by atoms with Crippen molar-refractivity contribution in [1.82, 2.24) is 0 Å². The van der Waals surface area contributed by atoms with Gasteiger partial charge in [-0.2, -0.15) is 0 Å². The van der Waals surface area contributed by atoms with E-state index >= 15 is 0 Å². The highest BCUT2D eigenvalue weighted by Gasteiger charge is 2.13. The van der Waals surface area contributed by atoms with E-state index in [0.29, 0.717) is 0 Å². The van der Waals surface area contributed by atoms with Crippen molar-refractivity contribution in [2.75, 3.05) is 6.67 Å². The van der Waals surface area contributed by atoms with Crippen molar-refractivity contribution in [1.29, 1.82) is 0 Å². The van der Waals surface area contributed by atoms with Crippen molar-refractivity contribution in [3.8, 4) is 0 Å². The normalized spacial score (nSPS) is 22.1. The number of halogens is 1. The second-order valence-corrected chi connectivity index (χ2v) is 2.63. The molecule has 0 heterocycles. The quantitative estimate of drug-likeness (QED) is 0.520. The zero-order valence-corrected chi connectivity index (χ0v) is 5.20. The van der Waals surface area contributed by atoms with Gasteiger partial charge in [-0.1, -0.05) is 25.7 Å². The number of hydrogen-bond acceptors (Lipinski definition) is 0. The lowest BCUT2D eigenvalue weighted by atomic mass is 10.1. The van der Waals surface area contributed by atoms with Gasteiger partial charge in [0.05, 0.1) is 6.67 Å². The van der Waals surface area contributed by atoms with Crippen LogP contribution < -0.4 is 0 Å². The first kappa shape index (κ1) is 6.06. The fraction of sp³-hybridized carbons (Fsp3) is 1.00. The zero-order valence-electron chi connectivity index (χ0n) is 5.20. The van der Waals surface area contributed by atoms with Gasteiger partial charge in [0.25, 0.3) is 0 Å². The lowest BCUT2D eigenvalue weighted by molar-refractivity contribution is 0.391. The Morgan fingerprint density at radius 3 is 2.38 bits per heavy atom. The molecule has 0 spiro atoms. The van der Waals surface area contributed by atoms with Crippen LogP contribution in [0.5, 0.6) is 0 Å². The topological polar surface area (TPSA) is 0 Å². The summed E-state index contributed by atoms with van der Waals surface area (Å²) < 4.78 is 11.6. The summed E-state index contributed by atoms with van der Waals surface area (Å²) in [6.07, 6.45) is 6.06. The first-order valence-corrected chi connectivity index (χ1v) is 3.49. The molecule has 1 rings (SSSR count). The predicted octanol–water partition coefficient (Wildman–Crippen LogP) is 2.54. The molecule has 0 atom stereocenters. The molecule has 0 saturated heterocycles. The molecule has 1 aliphatic carbocycles. The molecule has 48 valence electrons. The van der Waals surface area contributed by atoms with Gasteiger partial charge in [0.15, 0.2) is 0 Å². The summed E-state index contributed by atoms with van der Waals surface area (Å²) in [5.74, 6) is 0.736. The summed E-state index contributed by atoms with van der Waals surface area (Å²) in [6, 6.07) is 0. The van der Waals surface area contributed by atoms with E-state index in [1.165, 1.54) is 25.7 Å². The predicted molar refractivity (Wildman–Crippen MR) is 32.5 cm³/mol. The van der Waals surface area contributed by atoms with E-state index in [1.54, 1.807) is 0 Å². The van der Waals surface area contributed by atoms with Gasteiger partial charge in [0, 0.05) is 0 Å². The Kier molecular flexibility index (Phi) is 2.31. The highest BCUT2D eigenvalue weighted by molar-refractivity contribution is 4.66. The Bertz CT molecular complexity index is 55.4. The maximum Gasteiger partial charge on any atom is 0.0897 e.